The number of Topliss-reactive ketones (excluding diaryl/α,β-unsaturated/α-hetero) is 1. The van der Waals surface area contributed by atoms with Crippen LogP contribution < -0.4 is 15.0 Å². The first-order valence-electron chi connectivity index (χ1n) is 17.2. The number of unbranched alkanes of at least 4 members (excludes halogenated alkanes) is 12. The summed E-state index contributed by atoms with van der Waals surface area (Å²) in [4.78, 5) is 39.9. The normalized spacial score (nSPS) is 11.0. The van der Waals surface area contributed by atoms with Crippen molar-refractivity contribution in [1.29, 1.82) is 0 Å². The SMILES string of the molecule is C#CN(CC)c1ccc(NC(=O)OCc2ccc(OC(=O)C(C)(C)C(=O)CCCCCCCCCCCCCCC)cc2)c(C)c1. The van der Waals surface area contributed by atoms with E-state index < -0.39 is 17.5 Å². The molecular formula is C39H56N2O5. The maximum absolute atomic E-state index is 12.9. The van der Waals surface area contributed by atoms with Gasteiger partial charge in [-0.3, -0.25) is 14.9 Å². The van der Waals surface area contributed by atoms with Crippen LogP contribution in [0.1, 0.15) is 129 Å². The number of carbonyl (C=O) groups excluding carboxylic acids is 3. The molecule has 7 heteroatoms. The Morgan fingerprint density at radius 1 is 0.826 bits per heavy atom. The summed E-state index contributed by atoms with van der Waals surface area (Å²) in [5.74, 6) is -0.328. The van der Waals surface area contributed by atoms with Gasteiger partial charge in [0.25, 0.3) is 0 Å². The first kappa shape index (κ1) is 38.4. The zero-order valence-electron chi connectivity index (χ0n) is 28.9. The third-order valence-corrected chi connectivity index (χ3v) is 8.45. The standard InChI is InChI=1S/C39H56N2O5/c1-7-10-11-12-13-14-15-16-17-18-19-20-21-22-36(42)39(5,6)37(43)46-34-26-23-32(24-27-34)30-45-38(44)40-35-28-25-33(29-31(35)4)41(8-2)9-3/h2,23-29H,7,9-22,30H2,1,3-6H3,(H,40,44). The lowest BCUT2D eigenvalue weighted by Crippen LogP contribution is -2.36. The fraction of sp³-hybridized carbons (Fsp3) is 0.564. The van der Waals surface area contributed by atoms with Crippen LogP contribution in [0.15, 0.2) is 42.5 Å². The van der Waals surface area contributed by atoms with E-state index in [-0.39, 0.29) is 12.4 Å². The minimum absolute atomic E-state index is 0.0427. The summed E-state index contributed by atoms with van der Waals surface area (Å²) in [6, 6.07) is 14.9. The van der Waals surface area contributed by atoms with Crippen LogP contribution >= 0.6 is 0 Å². The second kappa shape index (κ2) is 21.1. The first-order chi connectivity index (χ1) is 22.1. The molecule has 0 aromatic heterocycles. The topological polar surface area (TPSA) is 84.9 Å². The molecule has 0 spiro atoms. The number of benzene rings is 2. The van der Waals surface area contributed by atoms with Crippen LogP contribution in [0.2, 0.25) is 0 Å². The number of anilines is 2. The zero-order chi connectivity index (χ0) is 33.8. The number of hydrogen-bond donors (Lipinski definition) is 1. The maximum Gasteiger partial charge on any atom is 0.411 e. The molecule has 0 saturated heterocycles. The van der Waals surface area contributed by atoms with Gasteiger partial charge in [0.15, 0.2) is 0 Å². The van der Waals surface area contributed by atoms with Gasteiger partial charge >= 0.3 is 12.1 Å². The van der Waals surface area contributed by atoms with Crippen molar-refractivity contribution in [3.8, 4) is 18.2 Å². The zero-order valence-corrected chi connectivity index (χ0v) is 28.9. The van der Waals surface area contributed by atoms with Crippen molar-refractivity contribution in [1.82, 2.24) is 0 Å². The number of nitrogens with zero attached hydrogens (tertiary/aromatic N) is 1. The summed E-state index contributed by atoms with van der Waals surface area (Å²) >= 11 is 0. The molecule has 0 atom stereocenters. The largest absolute Gasteiger partial charge is 0.444 e. The highest BCUT2D eigenvalue weighted by Gasteiger charge is 2.37. The van der Waals surface area contributed by atoms with Crippen molar-refractivity contribution in [3.63, 3.8) is 0 Å². The number of ether oxygens (including phenoxy) is 2. The number of nitrogens with one attached hydrogen (secondary N) is 1. The molecule has 0 aliphatic heterocycles. The Balaban J connectivity index is 1.67. The molecule has 0 saturated carbocycles. The minimum Gasteiger partial charge on any atom is -0.444 e. The summed E-state index contributed by atoms with van der Waals surface area (Å²) in [5, 5.41) is 2.75. The third-order valence-electron chi connectivity index (χ3n) is 8.45. The van der Waals surface area contributed by atoms with E-state index >= 15 is 0 Å². The average Bonchev–Trinajstić information content (AvgIpc) is 3.04. The smallest absolute Gasteiger partial charge is 0.411 e. The summed E-state index contributed by atoms with van der Waals surface area (Å²) in [7, 11) is 0. The Kier molecular flexibility index (Phi) is 17.6. The lowest BCUT2D eigenvalue weighted by atomic mass is 9.85. The van der Waals surface area contributed by atoms with Gasteiger partial charge in [0, 0.05) is 30.4 Å². The molecule has 1 N–H and O–H groups in total. The third kappa shape index (κ3) is 13.7. The van der Waals surface area contributed by atoms with Crippen molar-refractivity contribution in [3.05, 3.63) is 53.6 Å². The molecule has 0 aliphatic rings. The van der Waals surface area contributed by atoms with Gasteiger partial charge in [0.2, 0.25) is 0 Å². The molecular weight excluding hydrogens is 576 g/mol. The average molecular weight is 633 g/mol. The van der Waals surface area contributed by atoms with Crippen molar-refractivity contribution >= 4 is 29.2 Å². The molecule has 0 bridgehead atoms. The van der Waals surface area contributed by atoms with Crippen LogP contribution in [-0.2, 0) is 20.9 Å². The Hall–Kier alpha value is -3.79. The molecule has 1 amide bonds. The van der Waals surface area contributed by atoms with Crippen molar-refractivity contribution in [2.45, 2.75) is 131 Å². The predicted octanol–water partition coefficient (Wildman–Crippen LogP) is 10.1. The van der Waals surface area contributed by atoms with Gasteiger partial charge in [-0.15, -0.1) is 0 Å². The molecule has 2 aromatic rings. The lowest BCUT2D eigenvalue weighted by Gasteiger charge is -2.21. The number of esters is 1. The van der Waals surface area contributed by atoms with Gasteiger partial charge in [0.05, 0.1) is 0 Å². The van der Waals surface area contributed by atoms with Crippen molar-refractivity contribution < 1.29 is 23.9 Å². The molecule has 0 unspecified atom stereocenters. The highest BCUT2D eigenvalue weighted by atomic mass is 16.5. The highest BCUT2D eigenvalue weighted by Crippen LogP contribution is 2.26. The fourth-order valence-corrected chi connectivity index (χ4v) is 5.22. The summed E-state index contributed by atoms with van der Waals surface area (Å²) in [6.45, 7) is 10.1. The summed E-state index contributed by atoms with van der Waals surface area (Å²) < 4.78 is 10.9. The van der Waals surface area contributed by atoms with Crippen LogP contribution in [0.4, 0.5) is 16.2 Å². The second-order valence-electron chi connectivity index (χ2n) is 12.6. The van der Waals surface area contributed by atoms with Gasteiger partial charge in [-0.2, -0.15) is 0 Å². The highest BCUT2D eigenvalue weighted by molar-refractivity contribution is 6.03. The molecule has 46 heavy (non-hydrogen) atoms. The van der Waals surface area contributed by atoms with Crippen LogP contribution in [0.5, 0.6) is 5.75 Å². The first-order valence-corrected chi connectivity index (χ1v) is 17.2. The van der Waals surface area contributed by atoms with E-state index in [1.165, 1.54) is 64.2 Å². The lowest BCUT2D eigenvalue weighted by molar-refractivity contribution is -0.150. The van der Waals surface area contributed by atoms with E-state index in [0.717, 1.165) is 36.1 Å². The van der Waals surface area contributed by atoms with Gasteiger partial charge in [-0.25, -0.2) is 4.79 Å². The van der Waals surface area contributed by atoms with Gasteiger partial charge < -0.3 is 14.4 Å². The van der Waals surface area contributed by atoms with E-state index in [1.807, 2.05) is 26.0 Å². The van der Waals surface area contributed by atoms with Gasteiger partial charge in [-0.1, -0.05) is 103 Å². The van der Waals surface area contributed by atoms with Crippen molar-refractivity contribution in [2.75, 3.05) is 16.8 Å². The minimum atomic E-state index is -1.22. The Morgan fingerprint density at radius 2 is 1.39 bits per heavy atom. The monoisotopic (exact) mass is 632 g/mol. The molecule has 0 aliphatic carbocycles. The molecule has 0 heterocycles. The number of hydrogen-bond acceptors (Lipinski definition) is 6. The molecule has 0 radical (unpaired) electrons. The maximum atomic E-state index is 12.9. The summed E-state index contributed by atoms with van der Waals surface area (Å²) in [5.41, 5.74) is 1.88. The van der Waals surface area contributed by atoms with Crippen LogP contribution in [0.3, 0.4) is 0 Å². The Morgan fingerprint density at radius 3 is 1.91 bits per heavy atom. The van der Waals surface area contributed by atoms with E-state index in [4.69, 9.17) is 15.9 Å². The summed E-state index contributed by atoms with van der Waals surface area (Å²) in [6.07, 6.45) is 21.5. The van der Waals surface area contributed by atoms with Crippen LogP contribution in [0, 0.1) is 24.8 Å². The number of ketones is 1. The van der Waals surface area contributed by atoms with Crippen LogP contribution in [-0.4, -0.2) is 24.4 Å². The Bertz CT molecular complexity index is 1260. The predicted molar refractivity (Wildman–Crippen MR) is 188 cm³/mol. The molecule has 0 fully saturated rings. The number of terminal acetylenes is 1. The van der Waals surface area contributed by atoms with E-state index in [1.54, 1.807) is 49.1 Å². The van der Waals surface area contributed by atoms with Crippen LogP contribution in [0.25, 0.3) is 0 Å². The quantitative estimate of drug-likeness (QED) is 0.0347. The van der Waals surface area contributed by atoms with E-state index in [2.05, 4.69) is 18.3 Å². The Labute approximate surface area is 277 Å². The van der Waals surface area contributed by atoms with E-state index in [0.29, 0.717) is 24.4 Å². The van der Waals surface area contributed by atoms with E-state index in [9.17, 15) is 14.4 Å². The fourth-order valence-electron chi connectivity index (χ4n) is 5.22. The molecule has 252 valence electrons. The molecule has 7 nitrogen and oxygen atoms in total. The van der Waals surface area contributed by atoms with Gasteiger partial charge in [0.1, 0.15) is 23.6 Å². The van der Waals surface area contributed by atoms with Crippen molar-refractivity contribution in [2.24, 2.45) is 5.41 Å². The number of amides is 1. The molecule has 2 aromatic carbocycles. The second-order valence-corrected chi connectivity index (χ2v) is 12.6. The van der Waals surface area contributed by atoms with Gasteiger partial charge in [-0.05, 0) is 75.6 Å². The number of aryl methyl sites for hydroxylation is 1. The number of rotatable bonds is 22. The molecule has 2 rings (SSSR count). The number of carbonyl (C=O) groups is 3.